The number of fused-ring (bicyclic) bond motifs is 2. The summed E-state index contributed by atoms with van der Waals surface area (Å²) in [6, 6.07) is 17.8. The Bertz CT molecular complexity index is 797. The van der Waals surface area contributed by atoms with Gasteiger partial charge in [0.2, 0.25) is 0 Å². The maximum Gasteiger partial charge on any atom is 0.00190 e. The number of piperidine rings is 1. The average molecular weight is 372 g/mol. The van der Waals surface area contributed by atoms with Gasteiger partial charge in [0.1, 0.15) is 0 Å². The summed E-state index contributed by atoms with van der Waals surface area (Å²) in [5, 5.41) is 0. The van der Waals surface area contributed by atoms with Crippen molar-refractivity contribution in [3.05, 3.63) is 76.4 Å². The normalized spacial score (nSPS) is 16.6. The molecule has 0 saturated carbocycles. The van der Waals surface area contributed by atoms with Gasteiger partial charge in [-0.2, -0.15) is 0 Å². The molecular weight excluding hydrogens is 338 g/mol. The number of likely N-dealkylation sites (tertiary alicyclic amines) is 1. The largest absolute Gasteiger partial charge is 0.303 e. The van der Waals surface area contributed by atoms with Crippen LogP contribution in [0.4, 0.5) is 0 Å². The van der Waals surface area contributed by atoms with E-state index < -0.39 is 0 Å². The molecule has 1 fully saturated rings. The van der Waals surface area contributed by atoms with Gasteiger partial charge in [-0.05, 0) is 53.6 Å². The first kappa shape index (κ1) is 19.2. The van der Waals surface area contributed by atoms with Gasteiger partial charge < -0.3 is 4.90 Å². The fraction of sp³-hybridized carbons (Fsp3) is 0.407. The third kappa shape index (κ3) is 4.31. The van der Waals surface area contributed by atoms with Crippen molar-refractivity contribution in [2.75, 3.05) is 19.6 Å². The second-order valence-electron chi connectivity index (χ2n) is 8.24. The molecule has 0 aromatic heterocycles. The van der Waals surface area contributed by atoms with Gasteiger partial charge in [-0.25, -0.2) is 0 Å². The SMILES string of the molecule is CCCCCCCN1CCC(=C2c3ccccc3C=Cc3ccccc32)CC1. The van der Waals surface area contributed by atoms with E-state index in [0.717, 1.165) is 0 Å². The highest BCUT2D eigenvalue weighted by Gasteiger charge is 2.22. The minimum atomic E-state index is 1.20. The Morgan fingerprint density at radius 1 is 0.714 bits per heavy atom. The minimum absolute atomic E-state index is 1.20. The Balaban J connectivity index is 1.54. The van der Waals surface area contributed by atoms with Gasteiger partial charge >= 0.3 is 0 Å². The maximum absolute atomic E-state index is 2.68. The van der Waals surface area contributed by atoms with E-state index in [9.17, 15) is 0 Å². The van der Waals surface area contributed by atoms with Crippen LogP contribution in [0.3, 0.4) is 0 Å². The lowest BCUT2D eigenvalue weighted by Gasteiger charge is -2.30. The standard InChI is InChI=1S/C27H33N/c1-2-3-4-5-10-19-28-20-17-24(18-21-28)27-25-13-8-6-11-22(25)15-16-23-12-7-9-14-26(23)27/h6-9,11-16H,2-5,10,17-21H2,1H3. The molecule has 1 heterocycles. The molecule has 28 heavy (non-hydrogen) atoms. The first-order chi connectivity index (χ1) is 13.9. The molecule has 1 nitrogen and oxygen atoms in total. The molecule has 2 aromatic rings. The number of benzene rings is 2. The first-order valence-electron chi connectivity index (χ1n) is 11.2. The van der Waals surface area contributed by atoms with Gasteiger partial charge in [-0.1, -0.05) is 98.9 Å². The van der Waals surface area contributed by atoms with Crippen LogP contribution in [0.15, 0.2) is 54.1 Å². The lowest BCUT2D eigenvalue weighted by atomic mass is 9.86. The van der Waals surface area contributed by atoms with Crippen LogP contribution in [0.5, 0.6) is 0 Å². The van der Waals surface area contributed by atoms with Crippen molar-refractivity contribution in [3.63, 3.8) is 0 Å². The van der Waals surface area contributed by atoms with Gasteiger partial charge in [0.05, 0.1) is 0 Å². The number of hydrogen-bond donors (Lipinski definition) is 0. The Morgan fingerprint density at radius 2 is 1.29 bits per heavy atom. The van der Waals surface area contributed by atoms with E-state index >= 15 is 0 Å². The Kier molecular flexibility index (Phi) is 6.44. The van der Waals surface area contributed by atoms with Crippen LogP contribution >= 0.6 is 0 Å². The molecule has 1 aliphatic heterocycles. The summed E-state index contributed by atoms with van der Waals surface area (Å²) in [7, 11) is 0. The quantitative estimate of drug-likeness (QED) is 0.420. The van der Waals surface area contributed by atoms with E-state index in [1.807, 2.05) is 0 Å². The second-order valence-corrected chi connectivity index (χ2v) is 8.24. The molecule has 2 aliphatic rings. The number of hydrogen-bond acceptors (Lipinski definition) is 1. The summed E-state index contributed by atoms with van der Waals surface area (Å²) in [5.74, 6) is 0. The molecule has 1 heteroatoms. The molecule has 4 rings (SSSR count). The first-order valence-corrected chi connectivity index (χ1v) is 11.2. The van der Waals surface area contributed by atoms with Crippen LogP contribution in [0.25, 0.3) is 17.7 Å². The molecule has 0 amide bonds. The zero-order valence-corrected chi connectivity index (χ0v) is 17.3. The molecule has 0 bridgehead atoms. The van der Waals surface area contributed by atoms with Gasteiger partial charge in [0, 0.05) is 13.1 Å². The Morgan fingerprint density at radius 3 is 1.89 bits per heavy atom. The molecule has 0 spiro atoms. The highest BCUT2D eigenvalue weighted by atomic mass is 15.1. The van der Waals surface area contributed by atoms with E-state index in [4.69, 9.17) is 0 Å². The molecule has 146 valence electrons. The smallest absolute Gasteiger partial charge is 0.00190 e. The van der Waals surface area contributed by atoms with Crippen LogP contribution in [-0.2, 0) is 0 Å². The third-order valence-electron chi connectivity index (χ3n) is 6.29. The number of rotatable bonds is 6. The molecule has 1 aliphatic carbocycles. The highest BCUT2D eigenvalue weighted by Crippen LogP contribution is 2.38. The highest BCUT2D eigenvalue weighted by molar-refractivity contribution is 5.94. The van der Waals surface area contributed by atoms with Gasteiger partial charge in [0.15, 0.2) is 0 Å². The summed E-state index contributed by atoms with van der Waals surface area (Å²) in [6.07, 6.45) is 13.9. The molecule has 0 atom stereocenters. The number of unbranched alkanes of at least 4 members (excludes halogenated alkanes) is 4. The molecular formula is C27H33N. The van der Waals surface area contributed by atoms with Gasteiger partial charge in [0.25, 0.3) is 0 Å². The van der Waals surface area contributed by atoms with Crippen LogP contribution in [0.2, 0.25) is 0 Å². The van der Waals surface area contributed by atoms with Crippen molar-refractivity contribution in [2.45, 2.75) is 51.9 Å². The van der Waals surface area contributed by atoms with Crippen molar-refractivity contribution < 1.29 is 0 Å². The molecule has 0 radical (unpaired) electrons. The summed E-state index contributed by atoms with van der Waals surface area (Å²) in [6.45, 7) is 5.99. The Labute approximate surface area is 170 Å². The van der Waals surface area contributed by atoms with E-state index in [-0.39, 0.29) is 0 Å². The lowest BCUT2D eigenvalue weighted by molar-refractivity contribution is 0.251. The second kappa shape index (κ2) is 9.39. The summed E-state index contributed by atoms with van der Waals surface area (Å²) >= 11 is 0. The van der Waals surface area contributed by atoms with Crippen molar-refractivity contribution in [3.8, 4) is 0 Å². The van der Waals surface area contributed by atoms with Gasteiger partial charge in [-0.3, -0.25) is 0 Å². The summed E-state index contributed by atoms with van der Waals surface area (Å²) < 4.78 is 0. The predicted molar refractivity (Wildman–Crippen MR) is 122 cm³/mol. The molecule has 0 N–H and O–H groups in total. The molecule has 2 aromatic carbocycles. The van der Waals surface area contributed by atoms with Crippen molar-refractivity contribution in [1.82, 2.24) is 4.90 Å². The minimum Gasteiger partial charge on any atom is -0.303 e. The van der Waals surface area contributed by atoms with Crippen molar-refractivity contribution in [1.29, 1.82) is 0 Å². The van der Waals surface area contributed by atoms with E-state index in [0.29, 0.717) is 0 Å². The zero-order valence-electron chi connectivity index (χ0n) is 17.3. The summed E-state index contributed by atoms with van der Waals surface area (Å²) in [4.78, 5) is 2.68. The topological polar surface area (TPSA) is 3.24 Å². The fourth-order valence-corrected chi connectivity index (χ4v) is 4.68. The van der Waals surface area contributed by atoms with Crippen LogP contribution < -0.4 is 0 Å². The van der Waals surface area contributed by atoms with Crippen LogP contribution in [-0.4, -0.2) is 24.5 Å². The van der Waals surface area contributed by atoms with E-state index in [1.54, 1.807) is 5.57 Å². The average Bonchev–Trinajstić information content (AvgIpc) is 2.91. The maximum atomic E-state index is 2.68. The van der Waals surface area contributed by atoms with Crippen LogP contribution in [0, 0.1) is 0 Å². The van der Waals surface area contributed by atoms with Gasteiger partial charge in [-0.15, -0.1) is 0 Å². The van der Waals surface area contributed by atoms with Crippen molar-refractivity contribution >= 4 is 17.7 Å². The van der Waals surface area contributed by atoms with Crippen LogP contribution in [0.1, 0.15) is 74.1 Å². The molecule has 1 saturated heterocycles. The lowest BCUT2D eigenvalue weighted by Crippen LogP contribution is -2.32. The third-order valence-corrected chi connectivity index (χ3v) is 6.29. The predicted octanol–water partition coefficient (Wildman–Crippen LogP) is 7.04. The molecule has 0 unspecified atom stereocenters. The number of nitrogens with zero attached hydrogens (tertiary/aromatic N) is 1. The van der Waals surface area contributed by atoms with E-state index in [1.165, 1.54) is 92.4 Å². The van der Waals surface area contributed by atoms with E-state index in [2.05, 4.69) is 72.5 Å². The zero-order chi connectivity index (χ0) is 19.2. The monoisotopic (exact) mass is 371 g/mol. The Hall–Kier alpha value is -2.12. The fourth-order valence-electron chi connectivity index (χ4n) is 4.68. The summed E-state index contributed by atoms with van der Waals surface area (Å²) in [5.41, 5.74) is 8.65. The van der Waals surface area contributed by atoms with Crippen molar-refractivity contribution in [2.24, 2.45) is 0 Å².